The van der Waals surface area contributed by atoms with Crippen molar-refractivity contribution in [1.29, 1.82) is 0 Å². The first kappa shape index (κ1) is 12.7. The van der Waals surface area contributed by atoms with E-state index in [2.05, 4.69) is 16.8 Å². The third kappa shape index (κ3) is 2.93. The number of aryl methyl sites for hydroxylation is 2. The van der Waals surface area contributed by atoms with Gasteiger partial charge in [-0.05, 0) is 26.8 Å². The van der Waals surface area contributed by atoms with Gasteiger partial charge in [0.15, 0.2) is 5.78 Å². The zero-order valence-corrected chi connectivity index (χ0v) is 11.6. The maximum Gasteiger partial charge on any atom is 0.178 e. The van der Waals surface area contributed by atoms with Crippen molar-refractivity contribution in [2.45, 2.75) is 26.8 Å². The first-order valence-corrected chi connectivity index (χ1v) is 7.24. The Morgan fingerprint density at radius 1 is 1.59 bits per heavy atom. The van der Waals surface area contributed by atoms with E-state index in [9.17, 15) is 4.79 Å². The monoisotopic (exact) mass is 252 g/mol. The highest BCUT2D eigenvalue weighted by atomic mass is 32.2. The number of aromatic amines is 1. The van der Waals surface area contributed by atoms with Crippen molar-refractivity contribution in [2.75, 3.05) is 24.6 Å². The van der Waals surface area contributed by atoms with Crippen LogP contribution in [0.2, 0.25) is 0 Å². The summed E-state index contributed by atoms with van der Waals surface area (Å²) in [6.45, 7) is 7.74. The van der Waals surface area contributed by atoms with Crippen LogP contribution in [0, 0.1) is 13.8 Å². The van der Waals surface area contributed by atoms with Crippen LogP contribution in [0.4, 0.5) is 0 Å². The van der Waals surface area contributed by atoms with E-state index in [1.54, 1.807) is 0 Å². The number of rotatable bonds is 3. The molecule has 1 N–H and O–H groups in total. The van der Waals surface area contributed by atoms with Crippen LogP contribution < -0.4 is 0 Å². The molecule has 94 valence electrons. The molecule has 0 aromatic carbocycles. The van der Waals surface area contributed by atoms with Gasteiger partial charge >= 0.3 is 0 Å². The molecule has 4 heteroatoms. The second-order valence-electron chi connectivity index (χ2n) is 4.81. The minimum absolute atomic E-state index is 0.241. The highest BCUT2D eigenvalue weighted by Gasteiger charge is 2.22. The van der Waals surface area contributed by atoms with Crippen LogP contribution in [0.5, 0.6) is 0 Å². The highest BCUT2D eigenvalue weighted by Crippen LogP contribution is 2.17. The first-order valence-electron chi connectivity index (χ1n) is 6.09. The van der Waals surface area contributed by atoms with E-state index in [4.69, 9.17) is 0 Å². The van der Waals surface area contributed by atoms with Crippen LogP contribution in [-0.2, 0) is 0 Å². The quantitative estimate of drug-likeness (QED) is 0.838. The largest absolute Gasteiger partial charge is 0.362 e. The van der Waals surface area contributed by atoms with Crippen LogP contribution in [-0.4, -0.2) is 46.3 Å². The number of carbonyl (C=O) groups is 1. The number of hydrogen-bond acceptors (Lipinski definition) is 3. The van der Waals surface area contributed by atoms with Gasteiger partial charge in [-0.1, -0.05) is 0 Å². The van der Waals surface area contributed by atoms with Crippen molar-refractivity contribution >= 4 is 17.5 Å². The third-order valence-electron chi connectivity index (χ3n) is 3.30. The molecule has 2 heterocycles. The molecule has 3 nitrogen and oxygen atoms in total. The van der Waals surface area contributed by atoms with Gasteiger partial charge in [0, 0.05) is 41.0 Å². The molecular formula is C13H20N2OS. The number of ketones is 1. The van der Waals surface area contributed by atoms with Gasteiger partial charge in [-0.15, -0.1) is 0 Å². The van der Waals surface area contributed by atoms with E-state index in [-0.39, 0.29) is 5.78 Å². The van der Waals surface area contributed by atoms with E-state index >= 15 is 0 Å². The summed E-state index contributed by atoms with van der Waals surface area (Å²) >= 11 is 1.98. The van der Waals surface area contributed by atoms with Crippen LogP contribution >= 0.6 is 11.8 Å². The van der Waals surface area contributed by atoms with Gasteiger partial charge in [-0.2, -0.15) is 11.8 Å². The third-order valence-corrected chi connectivity index (χ3v) is 4.49. The molecule has 0 aliphatic carbocycles. The molecule has 1 fully saturated rings. The molecule has 2 rings (SSSR count). The molecule has 1 aliphatic heterocycles. The summed E-state index contributed by atoms with van der Waals surface area (Å²) in [7, 11) is 0. The molecule has 1 aromatic heterocycles. The molecule has 1 aromatic rings. The topological polar surface area (TPSA) is 36.1 Å². The number of Topliss-reactive ketones (excluding diaryl/α,β-unsaturated/α-hetero) is 1. The predicted molar refractivity (Wildman–Crippen MR) is 73.0 cm³/mol. The molecule has 0 spiro atoms. The minimum atomic E-state index is 0.241. The SMILES string of the molecule is Cc1cc(C(=O)CN2CCSCC2C)c(C)[nH]1. The molecule has 1 aliphatic rings. The Hall–Kier alpha value is -0.740. The smallest absolute Gasteiger partial charge is 0.178 e. The zero-order chi connectivity index (χ0) is 12.4. The Morgan fingerprint density at radius 3 is 2.94 bits per heavy atom. The number of thioether (sulfide) groups is 1. The van der Waals surface area contributed by atoms with E-state index in [1.807, 2.05) is 31.7 Å². The summed E-state index contributed by atoms with van der Waals surface area (Å²) in [6.07, 6.45) is 0. The molecule has 0 radical (unpaired) electrons. The lowest BCUT2D eigenvalue weighted by molar-refractivity contribution is 0.0910. The number of nitrogens with one attached hydrogen (secondary N) is 1. The van der Waals surface area contributed by atoms with Crippen molar-refractivity contribution in [3.63, 3.8) is 0 Å². The first-order chi connectivity index (χ1) is 8.08. The molecule has 17 heavy (non-hydrogen) atoms. The number of aromatic nitrogens is 1. The lowest BCUT2D eigenvalue weighted by Crippen LogP contribution is -2.43. The number of carbonyl (C=O) groups excluding carboxylic acids is 1. The Morgan fingerprint density at radius 2 is 2.35 bits per heavy atom. The normalized spacial score (nSPS) is 21.7. The highest BCUT2D eigenvalue weighted by molar-refractivity contribution is 7.99. The summed E-state index contributed by atoms with van der Waals surface area (Å²) in [6, 6.07) is 2.47. The van der Waals surface area contributed by atoms with Gasteiger partial charge < -0.3 is 4.98 Å². The molecular weight excluding hydrogens is 232 g/mol. The number of hydrogen-bond donors (Lipinski definition) is 1. The Balaban J connectivity index is 2.03. The zero-order valence-electron chi connectivity index (χ0n) is 10.7. The van der Waals surface area contributed by atoms with E-state index in [0.29, 0.717) is 12.6 Å². The van der Waals surface area contributed by atoms with E-state index in [1.165, 1.54) is 0 Å². The summed E-state index contributed by atoms with van der Waals surface area (Å²) < 4.78 is 0. The fourth-order valence-electron chi connectivity index (χ4n) is 2.28. The molecule has 1 saturated heterocycles. The number of H-pyrrole nitrogens is 1. The fraction of sp³-hybridized carbons (Fsp3) is 0.615. The Bertz CT molecular complexity index is 414. The van der Waals surface area contributed by atoms with Crippen molar-refractivity contribution < 1.29 is 4.79 Å². The second-order valence-corrected chi connectivity index (χ2v) is 5.96. The van der Waals surface area contributed by atoms with Gasteiger partial charge in [-0.3, -0.25) is 9.69 Å². The van der Waals surface area contributed by atoms with Gasteiger partial charge in [0.25, 0.3) is 0 Å². The van der Waals surface area contributed by atoms with Crippen molar-refractivity contribution in [3.8, 4) is 0 Å². The van der Waals surface area contributed by atoms with Crippen molar-refractivity contribution in [1.82, 2.24) is 9.88 Å². The van der Waals surface area contributed by atoms with Gasteiger partial charge in [-0.25, -0.2) is 0 Å². The van der Waals surface area contributed by atoms with Crippen LogP contribution in [0.25, 0.3) is 0 Å². The minimum Gasteiger partial charge on any atom is -0.362 e. The number of nitrogens with zero attached hydrogens (tertiary/aromatic N) is 1. The van der Waals surface area contributed by atoms with Gasteiger partial charge in [0.05, 0.1) is 6.54 Å². The van der Waals surface area contributed by atoms with Crippen molar-refractivity contribution in [2.24, 2.45) is 0 Å². The van der Waals surface area contributed by atoms with E-state index in [0.717, 1.165) is 35.0 Å². The fourth-order valence-corrected chi connectivity index (χ4v) is 3.36. The predicted octanol–water partition coefficient (Wildman–Crippen LogP) is 2.25. The van der Waals surface area contributed by atoms with Crippen LogP contribution in [0.15, 0.2) is 6.07 Å². The summed E-state index contributed by atoms with van der Waals surface area (Å²) in [5.74, 6) is 2.52. The maximum atomic E-state index is 12.2. The van der Waals surface area contributed by atoms with Gasteiger partial charge in [0.1, 0.15) is 0 Å². The van der Waals surface area contributed by atoms with E-state index < -0.39 is 0 Å². The molecule has 1 atom stereocenters. The van der Waals surface area contributed by atoms with Crippen molar-refractivity contribution in [3.05, 3.63) is 23.0 Å². The lowest BCUT2D eigenvalue weighted by Gasteiger charge is -2.32. The average molecular weight is 252 g/mol. The molecule has 1 unspecified atom stereocenters. The molecule has 0 bridgehead atoms. The summed E-state index contributed by atoms with van der Waals surface area (Å²) in [5.41, 5.74) is 2.91. The maximum absolute atomic E-state index is 12.2. The Labute approximate surface area is 107 Å². The summed E-state index contributed by atoms with van der Waals surface area (Å²) in [5, 5.41) is 0. The molecule has 0 saturated carbocycles. The lowest BCUT2D eigenvalue weighted by atomic mass is 10.1. The van der Waals surface area contributed by atoms with Gasteiger partial charge in [0.2, 0.25) is 0 Å². The van der Waals surface area contributed by atoms with Crippen LogP contribution in [0.1, 0.15) is 28.7 Å². The second kappa shape index (κ2) is 5.27. The molecule has 0 amide bonds. The van der Waals surface area contributed by atoms with Crippen LogP contribution in [0.3, 0.4) is 0 Å². The standard InChI is InChI=1S/C13H20N2OS/c1-9-6-12(11(3)14-9)13(16)7-15-4-5-17-8-10(15)2/h6,10,14H,4-5,7-8H2,1-3H3. The summed E-state index contributed by atoms with van der Waals surface area (Å²) in [4.78, 5) is 17.7. The average Bonchev–Trinajstić information content (AvgIpc) is 2.61. The Kier molecular flexibility index (Phi) is 3.94.